The van der Waals surface area contributed by atoms with Crippen LogP contribution in [-0.2, 0) is 37.3 Å². The molecule has 52 heavy (non-hydrogen) atoms. The maximum atomic E-state index is 11.8. The van der Waals surface area contributed by atoms with Gasteiger partial charge < -0.3 is 9.67 Å². The molecule has 0 aliphatic carbocycles. The summed E-state index contributed by atoms with van der Waals surface area (Å²) in [5, 5.41) is 16.3. The number of nitrogens with zero attached hydrogens (tertiary/aromatic N) is 4. The SMILES string of the molecule is CC(C)(C)c1cc(-n2c3[c-]cccc3c3ccccc32)nc(-n2c3ccccc3c3ccc(-c4cc(C(C)(C)C)cc(C(C)(C)C)c4O)nc32)c1.[Pt]. The Labute approximate surface area is 320 Å². The van der Waals surface area contributed by atoms with E-state index in [1.807, 2.05) is 18.2 Å². The van der Waals surface area contributed by atoms with Gasteiger partial charge in [0.05, 0.1) is 11.2 Å². The number of fused-ring (bicyclic) bond motifs is 6. The van der Waals surface area contributed by atoms with Gasteiger partial charge in [0.2, 0.25) is 0 Å². The summed E-state index contributed by atoms with van der Waals surface area (Å²) in [6.07, 6.45) is 0. The van der Waals surface area contributed by atoms with Crippen molar-refractivity contribution >= 4 is 43.7 Å². The summed E-state index contributed by atoms with van der Waals surface area (Å²) in [5.41, 5.74) is 8.09. The number of aromatic nitrogens is 4. The number of pyridine rings is 2. The third-order valence-corrected chi connectivity index (χ3v) is 10.2. The Morgan fingerprint density at radius 2 is 1.12 bits per heavy atom. The Morgan fingerprint density at radius 1 is 0.558 bits per heavy atom. The predicted octanol–water partition coefficient (Wildman–Crippen LogP) is 11.7. The van der Waals surface area contributed by atoms with Gasteiger partial charge in [0, 0.05) is 48.5 Å². The average Bonchev–Trinajstić information content (AvgIpc) is 3.59. The molecule has 6 heteroatoms. The molecule has 0 unspecified atom stereocenters. The van der Waals surface area contributed by atoms with Gasteiger partial charge in [-0.1, -0.05) is 110 Å². The van der Waals surface area contributed by atoms with E-state index >= 15 is 0 Å². The van der Waals surface area contributed by atoms with Crippen LogP contribution in [-0.4, -0.2) is 24.2 Å². The number of para-hydroxylation sites is 3. The standard InChI is InChI=1S/C46H45N4O.Pt/c1-44(2,3)28-24-34(42(51)35(25-28)46(7,8)9)36-23-22-33-32-18-12-15-21-39(32)50(43(33)47-36)41-27-29(45(4,5)6)26-40(48-41)49-37-19-13-10-16-30(37)31-17-11-14-20-38(31)49;/h10-19,21-27,51H,1-9H3;/q-1;. The van der Waals surface area contributed by atoms with Crippen LogP contribution in [0.3, 0.4) is 0 Å². The average molecular weight is 865 g/mol. The first-order valence-corrected chi connectivity index (χ1v) is 17.8. The molecule has 0 fully saturated rings. The second-order valence-electron chi connectivity index (χ2n) is 16.9. The van der Waals surface area contributed by atoms with E-state index in [0.29, 0.717) is 0 Å². The van der Waals surface area contributed by atoms with Crippen LogP contribution in [0.1, 0.15) is 79.0 Å². The Kier molecular flexibility index (Phi) is 8.54. The molecule has 8 rings (SSSR count). The fourth-order valence-corrected chi connectivity index (χ4v) is 7.30. The number of aromatic hydroxyl groups is 1. The van der Waals surface area contributed by atoms with Crippen molar-refractivity contribution in [2.45, 2.75) is 78.6 Å². The first-order valence-electron chi connectivity index (χ1n) is 17.8. The minimum atomic E-state index is -0.253. The fourth-order valence-electron chi connectivity index (χ4n) is 7.30. The van der Waals surface area contributed by atoms with E-state index in [1.54, 1.807) is 0 Å². The summed E-state index contributed by atoms with van der Waals surface area (Å²) in [6, 6.07) is 39.5. The first-order chi connectivity index (χ1) is 24.1. The summed E-state index contributed by atoms with van der Waals surface area (Å²) < 4.78 is 4.43. The van der Waals surface area contributed by atoms with Gasteiger partial charge >= 0.3 is 0 Å². The van der Waals surface area contributed by atoms with Crippen LogP contribution >= 0.6 is 0 Å². The molecule has 0 amide bonds. The maximum absolute atomic E-state index is 11.8. The van der Waals surface area contributed by atoms with Crippen molar-refractivity contribution in [3.63, 3.8) is 0 Å². The molecule has 0 spiro atoms. The van der Waals surface area contributed by atoms with E-state index in [2.05, 4.69) is 162 Å². The van der Waals surface area contributed by atoms with Crippen LogP contribution in [0.25, 0.3) is 66.6 Å². The molecular formula is C46H45N4OPt-. The molecule has 0 radical (unpaired) electrons. The normalized spacial score (nSPS) is 12.6. The van der Waals surface area contributed by atoms with Gasteiger partial charge in [-0.3, -0.25) is 4.57 Å². The molecule has 5 nitrogen and oxygen atoms in total. The van der Waals surface area contributed by atoms with Crippen LogP contribution < -0.4 is 0 Å². The third kappa shape index (κ3) is 5.84. The molecule has 0 saturated carbocycles. The summed E-state index contributed by atoms with van der Waals surface area (Å²) in [6.45, 7) is 19.8. The van der Waals surface area contributed by atoms with Crippen LogP contribution in [0.2, 0.25) is 0 Å². The Morgan fingerprint density at radius 3 is 1.75 bits per heavy atom. The van der Waals surface area contributed by atoms with Crippen molar-refractivity contribution in [2.24, 2.45) is 0 Å². The predicted molar refractivity (Wildman–Crippen MR) is 213 cm³/mol. The van der Waals surface area contributed by atoms with E-state index in [4.69, 9.17) is 9.97 Å². The van der Waals surface area contributed by atoms with Gasteiger partial charge in [0.25, 0.3) is 0 Å². The van der Waals surface area contributed by atoms with Gasteiger partial charge in [-0.25, -0.2) is 9.97 Å². The molecule has 0 saturated heterocycles. The second kappa shape index (κ2) is 12.4. The minimum Gasteiger partial charge on any atom is -0.507 e. The van der Waals surface area contributed by atoms with E-state index in [-0.39, 0.29) is 43.1 Å². The molecule has 0 bridgehead atoms. The number of benzene rings is 4. The van der Waals surface area contributed by atoms with Gasteiger partial charge in [0.1, 0.15) is 23.0 Å². The van der Waals surface area contributed by atoms with Crippen LogP contribution in [0.4, 0.5) is 0 Å². The molecule has 4 heterocycles. The largest absolute Gasteiger partial charge is 0.507 e. The first kappa shape index (κ1) is 35.7. The topological polar surface area (TPSA) is 55.9 Å². The molecule has 4 aromatic heterocycles. The molecule has 0 atom stereocenters. The molecule has 266 valence electrons. The van der Waals surface area contributed by atoms with Crippen molar-refractivity contribution < 1.29 is 26.2 Å². The van der Waals surface area contributed by atoms with Gasteiger partial charge in [-0.2, -0.15) is 24.3 Å². The van der Waals surface area contributed by atoms with Crippen molar-refractivity contribution in [1.29, 1.82) is 0 Å². The third-order valence-electron chi connectivity index (χ3n) is 10.2. The zero-order valence-corrected chi connectivity index (χ0v) is 33.6. The molecule has 8 aromatic rings. The molecule has 4 aromatic carbocycles. The summed E-state index contributed by atoms with van der Waals surface area (Å²) in [4.78, 5) is 10.9. The Hall–Kier alpha value is -4.73. The zero-order valence-electron chi connectivity index (χ0n) is 31.4. The van der Waals surface area contributed by atoms with E-state index in [9.17, 15) is 5.11 Å². The second-order valence-corrected chi connectivity index (χ2v) is 16.9. The Bertz CT molecular complexity index is 2610. The van der Waals surface area contributed by atoms with E-state index in [1.165, 1.54) is 5.39 Å². The summed E-state index contributed by atoms with van der Waals surface area (Å²) >= 11 is 0. The maximum Gasteiger partial charge on any atom is 0.147 e. The number of hydrogen-bond donors (Lipinski definition) is 1. The van der Waals surface area contributed by atoms with Crippen molar-refractivity contribution in [3.05, 3.63) is 126 Å². The van der Waals surface area contributed by atoms with Gasteiger partial charge in [0.15, 0.2) is 0 Å². The smallest absolute Gasteiger partial charge is 0.147 e. The molecule has 0 aliphatic rings. The molecule has 1 N–H and O–H groups in total. The Balaban J connectivity index is 0.00000420. The monoisotopic (exact) mass is 864 g/mol. The zero-order chi connectivity index (χ0) is 36.0. The van der Waals surface area contributed by atoms with Crippen molar-refractivity contribution in [3.8, 4) is 28.6 Å². The van der Waals surface area contributed by atoms with Gasteiger partial charge in [-0.05, 0) is 75.2 Å². The van der Waals surface area contributed by atoms with Crippen LogP contribution in [0.5, 0.6) is 5.75 Å². The van der Waals surface area contributed by atoms with Crippen molar-refractivity contribution in [2.75, 3.05) is 0 Å². The molecular weight excluding hydrogens is 820 g/mol. The quantitative estimate of drug-likeness (QED) is 0.180. The van der Waals surface area contributed by atoms with Gasteiger partial charge in [-0.15, -0.1) is 5.39 Å². The number of phenolic OH excluding ortho intramolecular Hbond substituents is 1. The fraction of sp³-hybridized carbons (Fsp3) is 0.261. The summed E-state index contributed by atoms with van der Waals surface area (Å²) in [7, 11) is 0. The summed E-state index contributed by atoms with van der Waals surface area (Å²) in [5.74, 6) is 1.90. The number of hydrogen-bond acceptors (Lipinski definition) is 3. The number of rotatable bonds is 3. The van der Waals surface area contributed by atoms with Crippen LogP contribution in [0, 0.1) is 6.07 Å². The number of phenols is 1. The minimum absolute atomic E-state index is 0. The molecule has 0 aliphatic heterocycles. The van der Waals surface area contributed by atoms with Crippen molar-refractivity contribution in [1.82, 2.24) is 19.1 Å². The van der Waals surface area contributed by atoms with Crippen LogP contribution in [0.15, 0.2) is 103 Å². The van der Waals surface area contributed by atoms with E-state index in [0.717, 1.165) is 77.9 Å². The van der Waals surface area contributed by atoms with E-state index < -0.39 is 0 Å².